The van der Waals surface area contributed by atoms with Gasteiger partial charge >= 0.3 is 5.97 Å². The van der Waals surface area contributed by atoms with Crippen molar-refractivity contribution < 1.29 is 28.9 Å². The minimum Gasteiger partial charge on any atom is -0.493 e. The van der Waals surface area contributed by atoms with Crippen LogP contribution in [0.5, 0.6) is 17.2 Å². The zero-order valence-electron chi connectivity index (χ0n) is 16.5. The number of carboxylic acid groups (broad SMARTS) is 1. The lowest BCUT2D eigenvalue weighted by molar-refractivity contribution is -0.139. The van der Waals surface area contributed by atoms with Gasteiger partial charge in [0.05, 0.1) is 13.2 Å². The van der Waals surface area contributed by atoms with Crippen molar-refractivity contribution in [1.29, 1.82) is 0 Å². The Balaban J connectivity index is 2.04. The van der Waals surface area contributed by atoms with Crippen LogP contribution < -0.4 is 14.2 Å². The summed E-state index contributed by atoms with van der Waals surface area (Å²) >= 11 is 0. The molecule has 0 heterocycles. The number of rotatable bonds is 9. The van der Waals surface area contributed by atoms with Crippen LogP contribution in [-0.4, -0.2) is 48.8 Å². The Hall–Kier alpha value is -3.22. The van der Waals surface area contributed by atoms with E-state index in [-0.39, 0.29) is 12.0 Å². The van der Waals surface area contributed by atoms with Crippen molar-refractivity contribution in [3.63, 3.8) is 0 Å². The smallest absolute Gasteiger partial charge is 0.341 e. The summed E-state index contributed by atoms with van der Waals surface area (Å²) in [6.07, 6.45) is 0.000532. The van der Waals surface area contributed by atoms with Crippen LogP contribution in [0.25, 0.3) is 0 Å². The standard InChI is InChI=1S/C21H25NO6/c1-14(2)28-18-10-7-16(11-19(18)26-4)21(25)22(3)12-15-5-8-17(9-6-15)27-13-20(23)24/h5-11,14H,12-13H2,1-4H3,(H,23,24). The van der Waals surface area contributed by atoms with Gasteiger partial charge in [-0.2, -0.15) is 0 Å². The first-order valence-electron chi connectivity index (χ1n) is 8.84. The van der Waals surface area contributed by atoms with E-state index in [0.717, 1.165) is 5.56 Å². The number of ether oxygens (including phenoxy) is 3. The van der Waals surface area contributed by atoms with Gasteiger partial charge < -0.3 is 24.2 Å². The molecule has 0 spiro atoms. The highest BCUT2D eigenvalue weighted by Gasteiger charge is 2.16. The van der Waals surface area contributed by atoms with Crippen molar-refractivity contribution >= 4 is 11.9 Å². The molecule has 2 rings (SSSR count). The molecule has 28 heavy (non-hydrogen) atoms. The van der Waals surface area contributed by atoms with E-state index in [2.05, 4.69) is 0 Å². The highest BCUT2D eigenvalue weighted by Crippen LogP contribution is 2.29. The molecule has 1 N–H and O–H groups in total. The van der Waals surface area contributed by atoms with Gasteiger partial charge in [-0.1, -0.05) is 12.1 Å². The van der Waals surface area contributed by atoms with E-state index < -0.39 is 12.6 Å². The van der Waals surface area contributed by atoms with Gasteiger partial charge in [0.15, 0.2) is 18.1 Å². The van der Waals surface area contributed by atoms with Crippen LogP contribution in [0.3, 0.4) is 0 Å². The molecule has 2 aromatic rings. The Morgan fingerprint density at radius 1 is 1.07 bits per heavy atom. The molecule has 1 amide bonds. The molecule has 7 nitrogen and oxygen atoms in total. The summed E-state index contributed by atoms with van der Waals surface area (Å²) in [5.41, 5.74) is 1.39. The summed E-state index contributed by atoms with van der Waals surface area (Å²) in [6, 6.07) is 12.0. The molecule has 0 fully saturated rings. The molecule has 0 unspecified atom stereocenters. The number of amides is 1. The first-order chi connectivity index (χ1) is 13.3. The third-order valence-electron chi connectivity index (χ3n) is 3.83. The molecular formula is C21H25NO6. The lowest BCUT2D eigenvalue weighted by Crippen LogP contribution is -2.26. The van der Waals surface area contributed by atoms with Gasteiger partial charge in [0, 0.05) is 19.2 Å². The largest absolute Gasteiger partial charge is 0.493 e. The van der Waals surface area contributed by atoms with E-state index in [9.17, 15) is 9.59 Å². The van der Waals surface area contributed by atoms with Crippen LogP contribution in [0.2, 0.25) is 0 Å². The molecule has 150 valence electrons. The Morgan fingerprint density at radius 3 is 2.32 bits per heavy atom. The molecule has 0 saturated carbocycles. The quantitative estimate of drug-likeness (QED) is 0.711. The van der Waals surface area contributed by atoms with E-state index in [0.29, 0.717) is 29.4 Å². The number of carbonyl (C=O) groups excluding carboxylic acids is 1. The van der Waals surface area contributed by atoms with Crippen LogP contribution in [0.1, 0.15) is 29.8 Å². The van der Waals surface area contributed by atoms with Crippen LogP contribution in [0.4, 0.5) is 0 Å². The zero-order valence-corrected chi connectivity index (χ0v) is 16.5. The van der Waals surface area contributed by atoms with Crippen molar-refractivity contribution in [2.75, 3.05) is 20.8 Å². The fourth-order valence-corrected chi connectivity index (χ4v) is 2.55. The molecule has 0 aromatic heterocycles. The van der Waals surface area contributed by atoms with Gasteiger partial charge in [-0.05, 0) is 49.7 Å². The molecule has 0 aliphatic heterocycles. The number of methoxy groups -OCH3 is 1. The Bertz CT molecular complexity index is 816. The SMILES string of the molecule is COc1cc(C(=O)N(C)Cc2ccc(OCC(=O)O)cc2)ccc1OC(C)C. The second-order valence-corrected chi connectivity index (χ2v) is 6.52. The van der Waals surface area contributed by atoms with Crippen LogP contribution >= 0.6 is 0 Å². The maximum atomic E-state index is 12.7. The molecule has 0 radical (unpaired) electrons. The van der Waals surface area contributed by atoms with Gasteiger partial charge in [-0.15, -0.1) is 0 Å². The summed E-state index contributed by atoms with van der Waals surface area (Å²) in [6.45, 7) is 3.84. The van der Waals surface area contributed by atoms with Crippen LogP contribution in [-0.2, 0) is 11.3 Å². The van der Waals surface area contributed by atoms with Crippen LogP contribution in [0, 0.1) is 0 Å². The second-order valence-electron chi connectivity index (χ2n) is 6.52. The van der Waals surface area contributed by atoms with Gasteiger partial charge in [-0.25, -0.2) is 4.79 Å². The van der Waals surface area contributed by atoms with Crippen molar-refractivity contribution in [3.8, 4) is 17.2 Å². The monoisotopic (exact) mass is 387 g/mol. The fraction of sp³-hybridized carbons (Fsp3) is 0.333. The first-order valence-corrected chi connectivity index (χ1v) is 8.84. The average Bonchev–Trinajstić information content (AvgIpc) is 2.66. The Morgan fingerprint density at radius 2 is 1.75 bits per heavy atom. The molecule has 0 saturated heterocycles. The summed E-state index contributed by atoms with van der Waals surface area (Å²) < 4.78 is 16.1. The zero-order chi connectivity index (χ0) is 20.7. The molecule has 0 atom stereocenters. The third kappa shape index (κ3) is 5.90. The molecule has 7 heteroatoms. The summed E-state index contributed by atoms with van der Waals surface area (Å²) in [4.78, 5) is 24.9. The number of hydrogen-bond donors (Lipinski definition) is 1. The van der Waals surface area contributed by atoms with Gasteiger partial charge in [0.25, 0.3) is 5.91 Å². The second kappa shape index (κ2) is 9.64. The highest BCUT2D eigenvalue weighted by atomic mass is 16.5. The lowest BCUT2D eigenvalue weighted by atomic mass is 10.1. The topological polar surface area (TPSA) is 85.3 Å². The molecular weight excluding hydrogens is 362 g/mol. The Kier molecular flexibility index (Phi) is 7.26. The van der Waals surface area contributed by atoms with E-state index >= 15 is 0 Å². The minimum atomic E-state index is -1.03. The molecule has 0 aliphatic rings. The van der Waals surface area contributed by atoms with Crippen molar-refractivity contribution in [1.82, 2.24) is 4.90 Å². The third-order valence-corrected chi connectivity index (χ3v) is 3.83. The predicted octanol–water partition coefficient (Wildman–Crippen LogP) is 3.22. The van der Waals surface area contributed by atoms with Gasteiger partial charge in [-0.3, -0.25) is 4.79 Å². The Labute approximate surface area is 164 Å². The predicted molar refractivity (Wildman–Crippen MR) is 104 cm³/mol. The number of nitrogens with zero attached hydrogens (tertiary/aromatic N) is 1. The van der Waals surface area contributed by atoms with E-state index in [1.165, 1.54) is 7.11 Å². The summed E-state index contributed by atoms with van der Waals surface area (Å²) in [5, 5.41) is 8.63. The van der Waals surface area contributed by atoms with Crippen molar-refractivity contribution in [3.05, 3.63) is 53.6 Å². The van der Waals surface area contributed by atoms with Gasteiger partial charge in [0.1, 0.15) is 5.75 Å². The van der Waals surface area contributed by atoms with E-state index in [1.54, 1.807) is 54.4 Å². The maximum Gasteiger partial charge on any atom is 0.341 e. The minimum absolute atomic E-state index is 0.000532. The number of hydrogen-bond acceptors (Lipinski definition) is 5. The summed E-state index contributed by atoms with van der Waals surface area (Å²) in [7, 11) is 3.25. The van der Waals surface area contributed by atoms with Gasteiger partial charge in [0.2, 0.25) is 0 Å². The number of carbonyl (C=O) groups is 2. The molecule has 0 bridgehead atoms. The summed E-state index contributed by atoms with van der Waals surface area (Å²) in [5.74, 6) is 0.377. The average molecular weight is 387 g/mol. The van der Waals surface area contributed by atoms with E-state index in [4.69, 9.17) is 19.3 Å². The molecule has 0 aliphatic carbocycles. The number of carboxylic acids is 1. The maximum absolute atomic E-state index is 12.7. The highest BCUT2D eigenvalue weighted by molar-refractivity contribution is 5.94. The number of benzene rings is 2. The number of aliphatic carboxylic acids is 1. The van der Waals surface area contributed by atoms with E-state index in [1.807, 2.05) is 13.8 Å². The first kappa shape index (κ1) is 21.1. The fourth-order valence-electron chi connectivity index (χ4n) is 2.55. The van der Waals surface area contributed by atoms with Crippen molar-refractivity contribution in [2.45, 2.75) is 26.5 Å². The lowest BCUT2D eigenvalue weighted by Gasteiger charge is -2.19. The van der Waals surface area contributed by atoms with Crippen molar-refractivity contribution in [2.24, 2.45) is 0 Å². The van der Waals surface area contributed by atoms with Crippen LogP contribution in [0.15, 0.2) is 42.5 Å². The normalized spacial score (nSPS) is 10.5. The molecule has 2 aromatic carbocycles.